The maximum atomic E-state index is 12.1. The molecule has 0 aliphatic rings. The Morgan fingerprint density at radius 2 is 2.07 bits per heavy atom. The van der Waals surface area contributed by atoms with E-state index in [0.717, 1.165) is 11.8 Å². The normalized spacial score (nSPS) is 10.6. The van der Waals surface area contributed by atoms with Crippen molar-refractivity contribution in [3.63, 3.8) is 0 Å². The smallest absolute Gasteiger partial charge is 0.445 e. The Bertz CT molecular complexity index is 320. The van der Waals surface area contributed by atoms with Gasteiger partial charge in [-0.3, -0.25) is 4.98 Å². The number of aromatic nitrogens is 2. The van der Waals surface area contributed by atoms with Gasteiger partial charge in [-0.1, -0.05) is 0 Å². The summed E-state index contributed by atoms with van der Waals surface area (Å²) in [5, 5.41) is 0.466. The monoisotopic (exact) mass is 258 g/mol. The molecule has 0 fully saturated rings. The summed E-state index contributed by atoms with van der Waals surface area (Å²) in [6.07, 6.45) is 4.32. The van der Waals surface area contributed by atoms with Crippen LogP contribution in [0.25, 0.3) is 0 Å². The Morgan fingerprint density at radius 1 is 1.40 bits per heavy atom. The number of halogens is 3. The molecule has 0 spiro atoms. The predicted octanol–water partition coefficient (Wildman–Crippen LogP) is -0.484. The summed E-state index contributed by atoms with van der Waals surface area (Å²) in [6.45, 7) is -1.96. The van der Waals surface area contributed by atoms with E-state index < -0.39 is 12.4 Å². The number of thioether (sulfide) groups is 1. The average molecular weight is 258 g/mol. The molecule has 0 saturated heterocycles. The topological polar surface area (TPSA) is 25.8 Å². The third kappa shape index (κ3) is 6.08. The van der Waals surface area contributed by atoms with Crippen LogP contribution in [0.1, 0.15) is 0 Å². The summed E-state index contributed by atoms with van der Waals surface area (Å²) < 4.78 is 36.2. The molecule has 8 heteroatoms. The molecule has 0 aliphatic heterocycles. The molecule has 0 bridgehead atoms. The molecule has 0 aromatic carbocycles. The minimum atomic E-state index is -4.93. The number of rotatable bonds is 4. The van der Waals surface area contributed by atoms with Crippen LogP contribution in [0.15, 0.2) is 35.7 Å². The molecule has 0 N–H and O–H groups in total. The zero-order valence-corrected chi connectivity index (χ0v) is 12.1. The fraction of sp³-hybridized carbons (Fsp3) is 0.143. The van der Waals surface area contributed by atoms with Crippen molar-refractivity contribution in [2.75, 3.05) is 5.75 Å². The van der Waals surface area contributed by atoms with Crippen LogP contribution >= 0.6 is 11.8 Å². The van der Waals surface area contributed by atoms with E-state index in [9.17, 15) is 12.9 Å². The van der Waals surface area contributed by atoms with Crippen molar-refractivity contribution >= 4 is 18.7 Å². The molecule has 0 unspecified atom stereocenters. The molecule has 15 heavy (non-hydrogen) atoms. The SMILES string of the molecule is C=C(CSc1cnccn1)[B-](F)(F)F.[K+]. The van der Waals surface area contributed by atoms with Crippen molar-refractivity contribution in [2.45, 2.75) is 5.03 Å². The number of nitrogens with zero attached hydrogens (tertiary/aromatic N) is 2. The van der Waals surface area contributed by atoms with Gasteiger partial charge in [-0.05, 0) is 5.75 Å². The van der Waals surface area contributed by atoms with Crippen LogP contribution < -0.4 is 51.4 Å². The first-order chi connectivity index (χ1) is 6.50. The Hall–Kier alpha value is 0.661. The van der Waals surface area contributed by atoms with Gasteiger partial charge in [0.1, 0.15) is 5.03 Å². The molecule has 76 valence electrons. The van der Waals surface area contributed by atoms with Gasteiger partial charge >= 0.3 is 58.4 Å². The van der Waals surface area contributed by atoms with Gasteiger partial charge in [0.25, 0.3) is 0 Å². The molecule has 0 saturated carbocycles. The Labute approximate surface area is 133 Å². The van der Waals surface area contributed by atoms with E-state index in [1.807, 2.05) is 0 Å². The number of hydrogen-bond acceptors (Lipinski definition) is 3. The molecule has 1 aromatic rings. The van der Waals surface area contributed by atoms with Crippen LogP contribution in [0.5, 0.6) is 0 Å². The van der Waals surface area contributed by atoms with Crippen LogP contribution in [0, 0.1) is 0 Å². The van der Waals surface area contributed by atoms with Crippen LogP contribution in [0.4, 0.5) is 12.9 Å². The molecule has 0 amide bonds. The van der Waals surface area contributed by atoms with Crippen molar-refractivity contribution in [1.29, 1.82) is 0 Å². The van der Waals surface area contributed by atoms with Crippen molar-refractivity contribution in [3.05, 3.63) is 30.6 Å². The van der Waals surface area contributed by atoms with E-state index in [-0.39, 0.29) is 57.1 Å². The third-order valence-electron chi connectivity index (χ3n) is 1.41. The quantitative estimate of drug-likeness (QED) is 0.538. The minimum Gasteiger partial charge on any atom is -0.445 e. The molecule has 0 aliphatic carbocycles. The second kappa shape index (κ2) is 7.08. The van der Waals surface area contributed by atoms with Crippen molar-refractivity contribution in [1.82, 2.24) is 9.97 Å². The summed E-state index contributed by atoms with van der Waals surface area (Å²) >= 11 is 0.978. The van der Waals surface area contributed by atoms with Crippen LogP contribution in [-0.2, 0) is 0 Å². The van der Waals surface area contributed by atoms with E-state index >= 15 is 0 Å². The summed E-state index contributed by atoms with van der Waals surface area (Å²) in [4.78, 5) is 7.57. The Morgan fingerprint density at radius 3 is 2.53 bits per heavy atom. The zero-order valence-electron chi connectivity index (χ0n) is 8.16. The van der Waals surface area contributed by atoms with Crippen molar-refractivity contribution in [2.24, 2.45) is 0 Å². The zero-order chi connectivity index (χ0) is 10.6. The predicted molar refractivity (Wildman–Crippen MR) is 51.0 cm³/mol. The molecule has 1 heterocycles. The molecule has 1 aromatic heterocycles. The first-order valence-electron chi connectivity index (χ1n) is 3.76. The van der Waals surface area contributed by atoms with Crippen LogP contribution in [0.2, 0.25) is 0 Å². The van der Waals surface area contributed by atoms with E-state index in [1.165, 1.54) is 18.6 Å². The average Bonchev–Trinajstić information content (AvgIpc) is 2.14. The first kappa shape index (κ1) is 15.7. The maximum Gasteiger partial charge on any atom is 1.00 e. The molecular formula is C7H7BF3KN2S. The van der Waals surface area contributed by atoms with Crippen LogP contribution in [-0.4, -0.2) is 22.7 Å². The standard InChI is InChI=1S/C7H7BF3N2S.K/c1-6(8(9,10)11)5-14-7-4-12-2-3-13-7;/h2-4H,1,5H2;/q-1;+1. The Balaban J connectivity index is 0.00000196. The summed E-state index contributed by atoms with van der Waals surface area (Å²) in [7, 11) is 0. The summed E-state index contributed by atoms with van der Waals surface area (Å²) in [5.74, 6) is -0.192. The van der Waals surface area contributed by atoms with Gasteiger partial charge in [0.15, 0.2) is 0 Å². The molecule has 2 nitrogen and oxygen atoms in total. The number of hydrogen-bond donors (Lipinski definition) is 0. The molecule has 1 rings (SSSR count). The van der Waals surface area contributed by atoms with E-state index in [4.69, 9.17) is 0 Å². The summed E-state index contributed by atoms with van der Waals surface area (Å²) in [5.41, 5.74) is -0.708. The van der Waals surface area contributed by atoms with E-state index in [2.05, 4.69) is 16.5 Å². The van der Waals surface area contributed by atoms with E-state index in [0.29, 0.717) is 5.03 Å². The molecule has 0 atom stereocenters. The fourth-order valence-corrected chi connectivity index (χ4v) is 1.41. The van der Waals surface area contributed by atoms with Gasteiger partial charge < -0.3 is 12.9 Å². The van der Waals surface area contributed by atoms with Gasteiger partial charge in [-0.25, -0.2) is 4.98 Å². The summed E-state index contributed by atoms with van der Waals surface area (Å²) in [6, 6.07) is 0. The van der Waals surface area contributed by atoms with Gasteiger partial charge in [-0.15, -0.1) is 23.8 Å². The van der Waals surface area contributed by atoms with Gasteiger partial charge in [0.2, 0.25) is 0 Å². The molecular weight excluding hydrogens is 251 g/mol. The fourth-order valence-electron chi connectivity index (χ4n) is 0.621. The van der Waals surface area contributed by atoms with Crippen LogP contribution in [0.3, 0.4) is 0 Å². The van der Waals surface area contributed by atoms with Gasteiger partial charge in [-0.2, -0.15) is 0 Å². The van der Waals surface area contributed by atoms with Crippen molar-refractivity contribution in [3.8, 4) is 0 Å². The third-order valence-corrected chi connectivity index (χ3v) is 2.43. The first-order valence-corrected chi connectivity index (χ1v) is 4.75. The van der Waals surface area contributed by atoms with Gasteiger partial charge in [0.05, 0.1) is 6.20 Å². The van der Waals surface area contributed by atoms with Gasteiger partial charge in [0, 0.05) is 12.4 Å². The minimum absolute atomic E-state index is 0. The largest absolute Gasteiger partial charge is 1.00 e. The Kier molecular flexibility index (Phi) is 7.39. The maximum absolute atomic E-state index is 12.1. The second-order valence-corrected chi connectivity index (χ2v) is 3.56. The van der Waals surface area contributed by atoms with E-state index in [1.54, 1.807) is 0 Å². The molecule has 0 radical (unpaired) electrons. The second-order valence-electron chi connectivity index (χ2n) is 2.57. The van der Waals surface area contributed by atoms with Crippen molar-refractivity contribution < 1.29 is 64.3 Å².